The molecule has 0 unspecified atom stereocenters. The average molecular weight is 316 g/mol. The second-order valence-corrected chi connectivity index (χ2v) is 7.27. The third-order valence-corrected chi connectivity index (χ3v) is 4.49. The molecule has 134 valence electrons. The van der Waals surface area contributed by atoms with E-state index < -0.39 is 12.1 Å². The van der Waals surface area contributed by atoms with Crippen molar-refractivity contribution in [3.63, 3.8) is 0 Å². The zero-order valence-electron chi connectivity index (χ0n) is 15.1. The quantitative estimate of drug-likeness (QED) is 0.370. The first-order valence-electron chi connectivity index (χ1n) is 9.62. The summed E-state index contributed by atoms with van der Waals surface area (Å²) in [5.74, 6) is 0.862. The summed E-state index contributed by atoms with van der Waals surface area (Å²) in [7, 11) is 0. The summed E-state index contributed by atoms with van der Waals surface area (Å²) in [5.41, 5.74) is 5.57. The van der Waals surface area contributed by atoms with Gasteiger partial charge in [0.15, 0.2) is 0 Å². The van der Waals surface area contributed by atoms with E-state index in [9.17, 15) is 5.11 Å². The number of unbranched alkanes of at least 4 members (excludes halogenated alkanes) is 10. The van der Waals surface area contributed by atoms with E-state index in [1.807, 2.05) is 0 Å². The van der Waals surface area contributed by atoms with E-state index in [0.717, 1.165) is 18.8 Å². The van der Waals surface area contributed by atoms with Crippen LogP contribution in [0.15, 0.2) is 0 Å². The Balaban J connectivity index is 3.11. The Morgan fingerprint density at radius 3 is 1.41 bits per heavy atom. The molecule has 0 radical (unpaired) electrons. The molecule has 0 saturated carbocycles. The molecule has 0 aromatic carbocycles. The lowest BCUT2D eigenvalue weighted by Crippen LogP contribution is -2.37. The Hall–Kier alpha value is -0.120. The monoisotopic (exact) mass is 315 g/mol. The minimum atomic E-state index is -0.541. The van der Waals surface area contributed by atoms with Crippen molar-refractivity contribution in [1.82, 2.24) is 0 Å². The third kappa shape index (κ3) is 14.8. The molecule has 0 aromatic heterocycles. The van der Waals surface area contributed by atoms with Gasteiger partial charge in [0.05, 0.1) is 18.8 Å². The third-order valence-electron chi connectivity index (χ3n) is 4.49. The standard InChI is InChI=1S/C19H41NO2/c1-17(2)14-12-10-8-6-4-3-5-7-9-11-13-15-19(22)18(20)16-21/h17-19,21-22H,3-16,20H2,1-2H3/t18-,19-/m0/s1. The van der Waals surface area contributed by atoms with Crippen LogP contribution in [0.4, 0.5) is 0 Å². The highest BCUT2D eigenvalue weighted by atomic mass is 16.3. The van der Waals surface area contributed by atoms with Gasteiger partial charge in [0.2, 0.25) is 0 Å². The van der Waals surface area contributed by atoms with E-state index in [2.05, 4.69) is 13.8 Å². The van der Waals surface area contributed by atoms with E-state index >= 15 is 0 Å². The SMILES string of the molecule is CC(C)CCCCCCCCCCCCC[C@H](O)[C@@H](N)CO. The van der Waals surface area contributed by atoms with Crippen molar-refractivity contribution in [3.8, 4) is 0 Å². The van der Waals surface area contributed by atoms with Crippen molar-refractivity contribution < 1.29 is 10.2 Å². The Morgan fingerprint density at radius 1 is 0.682 bits per heavy atom. The van der Waals surface area contributed by atoms with Crippen LogP contribution in [0.25, 0.3) is 0 Å². The summed E-state index contributed by atoms with van der Waals surface area (Å²) < 4.78 is 0. The zero-order chi connectivity index (χ0) is 16.6. The molecule has 0 fully saturated rings. The number of nitrogens with two attached hydrogens (primary N) is 1. The number of aliphatic hydroxyl groups is 2. The van der Waals surface area contributed by atoms with Crippen LogP contribution in [0, 0.1) is 5.92 Å². The van der Waals surface area contributed by atoms with Crippen molar-refractivity contribution in [2.24, 2.45) is 11.7 Å². The smallest absolute Gasteiger partial charge is 0.0713 e. The Labute approximate surface area is 138 Å². The number of hydrogen-bond acceptors (Lipinski definition) is 3. The molecule has 3 heteroatoms. The van der Waals surface area contributed by atoms with Gasteiger partial charge in [-0.25, -0.2) is 0 Å². The maximum absolute atomic E-state index is 9.62. The van der Waals surface area contributed by atoms with Gasteiger partial charge in [0.25, 0.3) is 0 Å². The summed E-state index contributed by atoms with van der Waals surface area (Å²) in [6, 6.07) is -0.472. The topological polar surface area (TPSA) is 66.5 Å². The highest BCUT2D eigenvalue weighted by molar-refractivity contribution is 4.70. The predicted octanol–water partition coefficient (Wildman–Crippen LogP) is 4.39. The summed E-state index contributed by atoms with van der Waals surface area (Å²) in [5, 5.41) is 18.5. The molecule has 0 aliphatic rings. The van der Waals surface area contributed by atoms with Gasteiger partial charge < -0.3 is 15.9 Å². The van der Waals surface area contributed by atoms with Gasteiger partial charge in [0, 0.05) is 0 Å². The van der Waals surface area contributed by atoms with Crippen LogP contribution in [-0.4, -0.2) is 29.0 Å². The Kier molecular flexibility index (Phi) is 15.7. The van der Waals surface area contributed by atoms with Crippen LogP contribution in [0.1, 0.15) is 97.3 Å². The molecule has 0 aliphatic heterocycles. The molecule has 0 amide bonds. The van der Waals surface area contributed by atoms with Crippen LogP contribution in [-0.2, 0) is 0 Å². The molecule has 0 saturated heterocycles. The molecule has 0 rings (SSSR count). The van der Waals surface area contributed by atoms with E-state index in [1.54, 1.807) is 0 Å². The maximum atomic E-state index is 9.62. The largest absolute Gasteiger partial charge is 0.395 e. The predicted molar refractivity (Wildman–Crippen MR) is 95.9 cm³/mol. The molecule has 0 heterocycles. The molecular formula is C19H41NO2. The van der Waals surface area contributed by atoms with Crippen LogP contribution < -0.4 is 5.73 Å². The van der Waals surface area contributed by atoms with Gasteiger partial charge in [-0.15, -0.1) is 0 Å². The Morgan fingerprint density at radius 2 is 1.05 bits per heavy atom. The Bertz CT molecular complexity index is 221. The van der Waals surface area contributed by atoms with Crippen LogP contribution >= 0.6 is 0 Å². The second-order valence-electron chi connectivity index (χ2n) is 7.27. The normalized spacial score (nSPS) is 14.5. The molecule has 0 bridgehead atoms. The van der Waals surface area contributed by atoms with E-state index in [4.69, 9.17) is 10.8 Å². The number of hydrogen-bond donors (Lipinski definition) is 3. The van der Waals surface area contributed by atoms with Crippen molar-refractivity contribution in [2.45, 2.75) is 109 Å². The first kappa shape index (κ1) is 21.9. The van der Waals surface area contributed by atoms with Crippen LogP contribution in [0.2, 0.25) is 0 Å². The van der Waals surface area contributed by atoms with Crippen molar-refractivity contribution in [3.05, 3.63) is 0 Å². The van der Waals surface area contributed by atoms with Crippen LogP contribution in [0.5, 0.6) is 0 Å². The molecule has 0 aliphatic carbocycles. The molecular weight excluding hydrogens is 274 g/mol. The lowest BCUT2D eigenvalue weighted by molar-refractivity contribution is 0.0990. The fourth-order valence-corrected chi connectivity index (χ4v) is 2.83. The lowest BCUT2D eigenvalue weighted by atomic mass is 10.0. The lowest BCUT2D eigenvalue weighted by Gasteiger charge is -2.15. The number of aliphatic hydroxyl groups excluding tert-OH is 2. The van der Waals surface area contributed by atoms with Gasteiger partial charge in [-0.3, -0.25) is 0 Å². The second kappa shape index (κ2) is 15.8. The molecule has 2 atom stereocenters. The van der Waals surface area contributed by atoms with Crippen molar-refractivity contribution >= 4 is 0 Å². The summed E-state index contributed by atoms with van der Waals surface area (Å²) in [6.45, 7) is 4.49. The van der Waals surface area contributed by atoms with Gasteiger partial charge in [-0.1, -0.05) is 90.9 Å². The van der Waals surface area contributed by atoms with Gasteiger partial charge in [-0.2, -0.15) is 0 Å². The molecule has 22 heavy (non-hydrogen) atoms. The van der Waals surface area contributed by atoms with E-state index in [-0.39, 0.29) is 6.61 Å². The van der Waals surface area contributed by atoms with Crippen molar-refractivity contribution in [1.29, 1.82) is 0 Å². The van der Waals surface area contributed by atoms with E-state index in [0.29, 0.717) is 0 Å². The highest BCUT2D eigenvalue weighted by Gasteiger charge is 2.12. The van der Waals surface area contributed by atoms with Gasteiger partial charge in [0.1, 0.15) is 0 Å². The zero-order valence-corrected chi connectivity index (χ0v) is 15.1. The minimum absolute atomic E-state index is 0.126. The first-order valence-corrected chi connectivity index (χ1v) is 9.62. The molecule has 0 aromatic rings. The molecule has 4 N–H and O–H groups in total. The first-order chi connectivity index (χ1) is 10.6. The van der Waals surface area contributed by atoms with Gasteiger partial charge >= 0.3 is 0 Å². The van der Waals surface area contributed by atoms with Crippen molar-refractivity contribution in [2.75, 3.05) is 6.61 Å². The van der Waals surface area contributed by atoms with Gasteiger partial charge in [-0.05, 0) is 12.3 Å². The highest BCUT2D eigenvalue weighted by Crippen LogP contribution is 2.14. The molecule has 3 nitrogen and oxygen atoms in total. The summed E-state index contributed by atoms with van der Waals surface area (Å²) in [4.78, 5) is 0. The van der Waals surface area contributed by atoms with E-state index in [1.165, 1.54) is 70.6 Å². The fraction of sp³-hybridized carbons (Fsp3) is 1.00. The number of rotatable bonds is 16. The summed E-state index contributed by atoms with van der Waals surface area (Å²) >= 11 is 0. The minimum Gasteiger partial charge on any atom is -0.395 e. The molecule has 0 spiro atoms. The fourth-order valence-electron chi connectivity index (χ4n) is 2.83. The average Bonchev–Trinajstić information content (AvgIpc) is 2.50. The van der Waals surface area contributed by atoms with Crippen LogP contribution in [0.3, 0.4) is 0 Å². The maximum Gasteiger partial charge on any atom is 0.0713 e. The summed E-state index contributed by atoms with van der Waals surface area (Å²) in [6.07, 6.45) is 16.1.